The van der Waals surface area contributed by atoms with Crippen molar-refractivity contribution in [2.75, 3.05) is 13.1 Å². The van der Waals surface area contributed by atoms with Crippen molar-refractivity contribution in [1.82, 2.24) is 4.90 Å². The first-order chi connectivity index (χ1) is 8.22. The number of hydrogen-bond acceptors (Lipinski definition) is 2. The average Bonchev–Trinajstić information content (AvgIpc) is 2.88. The highest BCUT2D eigenvalue weighted by molar-refractivity contribution is 5.83. The van der Waals surface area contributed by atoms with E-state index in [-0.39, 0.29) is 11.3 Å². The quantitative estimate of drug-likeness (QED) is 0.737. The summed E-state index contributed by atoms with van der Waals surface area (Å²) in [5.41, 5.74) is -0.0860. The average molecular weight is 234 g/mol. The van der Waals surface area contributed by atoms with Crippen molar-refractivity contribution in [1.29, 1.82) is 5.26 Å². The Morgan fingerprint density at radius 3 is 2.71 bits per heavy atom. The first kappa shape index (κ1) is 12.4. The second kappa shape index (κ2) is 5.08. The number of rotatable bonds is 2. The van der Waals surface area contributed by atoms with Gasteiger partial charge in [-0.25, -0.2) is 0 Å². The fraction of sp³-hybridized carbons (Fsp3) is 0.857. The Kier molecular flexibility index (Phi) is 3.71. The predicted molar refractivity (Wildman–Crippen MR) is 66.1 cm³/mol. The van der Waals surface area contributed by atoms with Crippen LogP contribution in [0.15, 0.2) is 0 Å². The van der Waals surface area contributed by atoms with Crippen LogP contribution in [0, 0.1) is 22.7 Å². The van der Waals surface area contributed by atoms with Crippen LogP contribution in [0.5, 0.6) is 0 Å². The molecule has 3 heteroatoms. The highest BCUT2D eigenvalue weighted by Gasteiger charge is 2.42. The summed E-state index contributed by atoms with van der Waals surface area (Å²) in [4.78, 5) is 14.6. The molecule has 0 spiro atoms. The Hall–Kier alpha value is -1.04. The molecule has 3 nitrogen and oxygen atoms in total. The third-order valence-corrected chi connectivity index (χ3v) is 4.58. The minimum absolute atomic E-state index is 0.0583. The number of hydrogen-bond donors (Lipinski definition) is 0. The first-order valence-corrected chi connectivity index (χ1v) is 6.91. The molecule has 0 bridgehead atoms. The molecule has 1 aliphatic heterocycles. The zero-order valence-corrected chi connectivity index (χ0v) is 10.7. The van der Waals surface area contributed by atoms with E-state index in [2.05, 4.69) is 13.0 Å². The van der Waals surface area contributed by atoms with Crippen LogP contribution >= 0.6 is 0 Å². The summed E-state index contributed by atoms with van der Waals surface area (Å²) < 4.78 is 0. The van der Waals surface area contributed by atoms with Gasteiger partial charge in [-0.05, 0) is 32.1 Å². The number of carbonyl (C=O) groups is 1. The molecule has 0 radical (unpaired) electrons. The van der Waals surface area contributed by atoms with Gasteiger partial charge in [0.05, 0.1) is 12.0 Å². The number of piperidine rings is 1. The third-order valence-electron chi connectivity index (χ3n) is 4.58. The molecule has 0 aromatic rings. The lowest BCUT2D eigenvalue weighted by Gasteiger charge is -2.37. The fourth-order valence-electron chi connectivity index (χ4n) is 3.37. The van der Waals surface area contributed by atoms with Gasteiger partial charge in [0.15, 0.2) is 0 Å². The van der Waals surface area contributed by atoms with Gasteiger partial charge < -0.3 is 4.90 Å². The Morgan fingerprint density at radius 2 is 2.12 bits per heavy atom. The minimum Gasteiger partial charge on any atom is -0.341 e. The topological polar surface area (TPSA) is 44.1 Å². The zero-order valence-electron chi connectivity index (χ0n) is 10.7. The van der Waals surface area contributed by atoms with Gasteiger partial charge in [0.25, 0.3) is 0 Å². The maximum atomic E-state index is 12.6. The van der Waals surface area contributed by atoms with E-state index in [4.69, 9.17) is 5.26 Å². The molecule has 1 unspecified atom stereocenters. The van der Waals surface area contributed by atoms with Gasteiger partial charge in [-0.15, -0.1) is 0 Å². The Labute approximate surface area is 104 Å². The van der Waals surface area contributed by atoms with E-state index in [0.717, 1.165) is 38.6 Å². The molecule has 1 amide bonds. The summed E-state index contributed by atoms with van der Waals surface area (Å²) in [6, 6.07) is 2.32. The van der Waals surface area contributed by atoms with Crippen LogP contribution in [0.1, 0.15) is 51.9 Å². The lowest BCUT2D eigenvalue weighted by atomic mass is 9.81. The standard InChI is InChI=1S/C14H22N2O/c1-2-14(7-3-4-8-14)13(17)16-9-5-6-12(10-15)11-16/h12H,2-9,11H2,1H3. The van der Waals surface area contributed by atoms with Crippen molar-refractivity contribution >= 4 is 5.91 Å². The first-order valence-electron chi connectivity index (χ1n) is 6.91. The molecule has 0 N–H and O–H groups in total. The zero-order chi connectivity index (χ0) is 12.3. The SMILES string of the molecule is CCC1(C(=O)N2CCCC(C#N)C2)CCCC1. The van der Waals surface area contributed by atoms with Crippen LogP contribution in [-0.4, -0.2) is 23.9 Å². The number of nitriles is 1. The van der Waals surface area contributed by atoms with Crippen LogP contribution in [0.4, 0.5) is 0 Å². The smallest absolute Gasteiger partial charge is 0.228 e. The van der Waals surface area contributed by atoms with E-state index < -0.39 is 0 Å². The Morgan fingerprint density at radius 1 is 1.41 bits per heavy atom. The van der Waals surface area contributed by atoms with Crippen molar-refractivity contribution in [3.8, 4) is 6.07 Å². The summed E-state index contributed by atoms with van der Waals surface area (Å²) >= 11 is 0. The molecule has 0 aromatic carbocycles. The molecule has 1 heterocycles. The van der Waals surface area contributed by atoms with Gasteiger partial charge in [0, 0.05) is 18.5 Å². The largest absolute Gasteiger partial charge is 0.341 e. The van der Waals surface area contributed by atoms with Crippen molar-refractivity contribution < 1.29 is 4.79 Å². The predicted octanol–water partition coefficient (Wildman–Crippen LogP) is 2.72. The number of carbonyl (C=O) groups excluding carboxylic acids is 1. The molecular weight excluding hydrogens is 212 g/mol. The normalized spacial score (nSPS) is 27.8. The molecule has 94 valence electrons. The Bertz CT molecular complexity index is 326. The Balaban J connectivity index is 2.06. The van der Waals surface area contributed by atoms with Crippen LogP contribution in [0.2, 0.25) is 0 Å². The highest BCUT2D eigenvalue weighted by Crippen LogP contribution is 2.43. The van der Waals surface area contributed by atoms with E-state index in [1.165, 1.54) is 12.8 Å². The van der Waals surface area contributed by atoms with Crippen molar-refractivity contribution in [2.24, 2.45) is 11.3 Å². The third kappa shape index (κ3) is 2.31. The highest BCUT2D eigenvalue weighted by atomic mass is 16.2. The molecule has 2 aliphatic rings. The molecule has 0 aromatic heterocycles. The molecule has 2 rings (SSSR count). The van der Waals surface area contributed by atoms with Crippen LogP contribution < -0.4 is 0 Å². The number of nitrogens with zero attached hydrogens (tertiary/aromatic N) is 2. The number of amides is 1. The van der Waals surface area contributed by atoms with E-state index in [1.54, 1.807) is 0 Å². The van der Waals surface area contributed by atoms with E-state index in [1.807, 2.05) is 4.90 Å². The summed E-state index contributed by atoms with van der Waals surface area (Å²) in [5.74, 6) is 0.389. The van der Waals surface area contributed by atoms with Gasteiger partial charge in [-0.3, -0.25) is 4.79 Å². The molecule has 17 heavy (non-hydrogen) atoms. The minimum atomic E-state index is -0.0860. The van der Waals surface area contributed by atoms with Gasteiger partial charge in [0.1, 0.15) is 0 Å². The van der Waals surface area contributed by atoms with Crippen LogP contribution in [0.25, 0.3) is 0 Å². The van der Waals surface area contributed by atoms with Gasteiger partial charge in [-0.2, -0.15) is 5.26 Å². The van der Waals surface area contributed by atoms with Crippen molar-refractivity contribution in [2.45, 2.75) is 51.9 Å². The van der Waals surface area contributed by atoms with Crippen LogP contribution in [-0.2, 0) is 4.79 Å². The summed E-state index contributed by atoms with van der Waals surface area (Å²) in [6.07, 6.45) is 7.39. The van der Waals surface area contributed by atoms with Crippen molar-refractivity contribution in [3.63, 3.8) is 0 Å². The van der Waals surface area contributed by atoms with Crippen LogP contribution in [0.3, 0.4) is 0 Å². The van der Waals surface area contributed by atoms with E-state index in [0.29, 0.717) is 12.5 Å². The summed E-state index contributed by atoms with van der Waals surface area (Å²) in [7, 11) is 0. The molecular formula is C14H22N2O. The van der Waals surface area contributed by atoms with Crippen molar-refractivity contribution in [3.05, 3.63) is 0 Å². The second-order valence-corrected chi connectivity index (χ2v) is 5.56. The van der Waals surface area contributed by atoms with E-state index in [9.17, 15) is 4.79 Å². The number of likely N-dealkylation sites (tertiary alicyclic amines) is 1. The monoisotopic (exact) mass is 234 g/mol. The maximum absolute atomic E-state index is 12.6. The van der Waals surface area contributed by atoms with E-state index >= 15 is 0 Å². The molecule has 1 atom stereocenters. The summed E-state index contributed by atoms with van der Waals surface area (Å²) in [5, 5.41) is 8.99. The van der Waals surface area contributed by atoms with Gasteiger partial charge >= 0.3 is 0 Å². The van der Waals surface area contributed by atoms with Gasteiger partial charge in [-0.1, -0.05) is 19.8 Å². The second-order valence-electron chi connectivity index (χ2n) is 5.56. The molecule has 1 saturated carbocycles. The lowest BCUT2D eigenvalue weighted by Crippen LogP contribution is -2.47. The molecule has 1 aliphatic carbocycles. The lowest BCUT2D eigenvalue weighted by molar-refractivity contribution is -0.143. The maximum Gasteiger partial charge on any atom is 0.228 e. The molecule has 1 saturated heterocycles. The fourth-order valence-corrected chi connectivity index (χ4v) is 3.37. The summed E-state index contributed by atoms with van der Waals surface area (Å²) in [6.45, 7) is 3.66. The molecule has 2 fully saturated rings. The van der Waals surface area contributed by atoms with Gasteiger partial charge in [0.2, 0.25) is 5.91 Å².